The van der Waals surface area contributed by atoms with Gasteiger partial charge in [-0.3, -0.25) is 4.79 Å². The van der Waals surface area contributed by atoms with Gasteiger partial charge in [0.2, 0.25) is 0 Å². The van der Waals surface area contributed by atoms with Crippen LogP contribution in [-0.4, -0.2) is 31.9 Å². The van der Waals surface area contributed by atoms with Crippen molar-refractivity contribution in [3.05, 3.63) is 16.8 Å². The van der Waals surface area contributed by atoms with Crippen LogP contribution in [0.2, 0.25) is 0 Å². The molecule has 0 fully saturated rings. The van der Waals surface area contributed by atoms with E-state index in [1.54, 1.807) is 18.6 Å². The Morgan fingerprint density at radius 1 is 1.69 bits per heavy atom. The van der Waals surface area contributed by atoms with Crippen molar-refractivity contribution < 1.29 is 19.4 Å². The zero-order chi connectivity index (χ0) is 9.94. The summed E-state index contributed by atoms with van der Waals surface area (Å²) < 4.78 is 8.92. The molecule has 0 saturated heterocycles. The van der Waals surface area contributed by atoms with E-state index >= 15 is 0 Å². The van der Waals surface area contributed by atoms with Gasteiger partial charge in [0.15, 0.2) is 0 Å². The average Bonchev–Trinajstić information content (AvgIpc) is 2.60. The first kappa shape index (κ1) is 12.1. The van der Waals surface area contributed by atoms with Gasteiger partial charge in [0.25, 0.3) is 6.47 Å². The molecule has 4 nitrogen and oxygen atoms in total. The van der Waals surface area contributed by atoms with Crippen LogP contribution in [-0.2, 0) is 9.53 Å². The maximum absolute atomic E-state index is 9.65. The number of ether oxygens (including phenoxy) is 2. The molecule has 1 rings (SSSR count). The van der Waals surface area contributed by atoms with Crippen LogP contribution < -0.4 is 4.74 Å². The van der Waals surface area contributed by atoms with E-state index in [0.29, 0.717) is 18.8 Å². The number of rotatable bonds is 4. The number of aliphatic hydroxyl groups excluding tert-OH is 1. The number of aliphatic hydroxyl groups is 1. The predicted octanol–water partition coefficient (Wildman–Crippen LogP) is 0.908. The van der Waals surface area contributed by atoms with Crippen LogP contribution >= 0.6 is 11.3 Å². The van der Waals surface area contributed by atoms with Crippen molar-refractivity contribution in [3.8, 4) is 5.75 Å². The summed E-state index contributed by atoms with van der Waals surface area (Å²) in [7, 11) is 1.55. The highest BCUT2D eigenvalue weighted by atomic mass is 32.1. The molecule has 0 bridgehead atoms. The van der Waals surface area contributed by atoms with Crippen molar-refractivity contribution in [2.24, 2.45) is 0 Å². The SMILES string of the molecule is COCCO.O=COc1ccsc1. The molecule has 0 saturated carbocycles. The summed E-state index contributed by atoms with van der Waals surface area (Å²) in [5, 5.41) is 11.5. The Hall–Kier alpha value is -0.910. The molecule has 0 aliphatic carbocycles. The number of carbonyl (C=O) groups excluding carboxylic acids is 1. The maximum Gasteiger partial charge on any atom is 0.298 e. The van der Waals surface area contributed by atoms with E-state index in [9.17, 15) is 4.79 Å². The Labute approximate surface area is 80.7 Å². The Morgan fingerprint density at radius 3 is 2.77 bits per heavy atom. The van der Waals surface area contributed by atoms with E-state index in [2.05, 4.69) is 9.47 Å². The molecular formula is C8H12O4S. The van der Waals surface area contributed by atoms with Crippen LogP contribution in [0.3, 0.4) is 0 Å². The summed E-state index contributed by atoms with van der Waals surface area (Å²) in [6, 6.07) is 1.74. The third kappa shape index (κ3) is 7.45. The number of thiophene rings is 1. The van der Waals surface area contributed by atoms with Crippen LogP contribution in [0.5, 0.6) is 5.75 Å². The summed E-state index contributed by atoms with van der Waals surface area (Å²) >= 11 is 1.50. The zero-order valence-corrected chi connectivity index (χ0v) is 8.12. The predicted molar refractivity (Wildman–Crippen MR) is 50.0 cm³/mol. The second-order valence-corrected chi connectivity index (χ2v) is 2.67. The van der Waals surface area contributed by atoms with E-state index in [-0.39, 0.29) is 6.61 Å². The topological polar surface area (TPSA) is 55.8 Å². The van der Waals surface area contributed by atoms with Gasteiger partial charge in [0, 0.05) is 12.5 Å². The maximum atomic E-state index is 9.65. The largest absolute Gasteiger partial charge is 0.428 e. The van der Waals surface area contributed by atoms with Gasteiger partial charge in [-0.05, 0) is 11.4 Å². The smallest absolute Gasteiger partial charge is 0.298 e. The minimum atomic E-state index is 0.122. The molecule has 0 atom stereocenters. The van der Waals surface area contributed by atoms with Crippen molar-refractivity contribution in [2.75, 3.05) is 20.3 Å². The van der Waals surface area contributed by atoms with Crippen molar-refractivity contribution in [1.82, 2.24) is 0 Å². The molecule has 1 aromatic rings. The Bertz CT molecular complexity index is 196. The average molecular weight is 204 g/mol. The first-order valence-corrected chi connectivity index (χ1v) is 4.51. The van der Waals surface area contributed by atoms with Crippen molar-refractivity contribution in [3.63, 3.8) is 0 Å². The Balaban J connectivity index is 0.000000252. The van der Waals surface area contributed by atoms with E-state index in [1.165, 1.54) is 11.3 Å². The minimum Gasteiger partial charge on any atom is -0.428 e. The summed E-state index contributed by atoms with van der Waals surface area (Å²) in [5.41, 5.74) is 0. The number of methoxy groups -OCH3 is 1. The summed E-state index contributed by atoms with van der Waals surface area (Å²) in [6.07, 6.45) is 0. The Kier molecular flexibility index (Phi) is 8.54. The van der Waals surface area contributed by atoms with E-state index in [4.69, 9.17) is 5.11 Å². The fourth-order valence-corrected chi connectivity index (χ4v) is 1.03. The highest BCUT2D eigenvalue weighted by Crippen LogP contribution is 2.13. The lowest BCUT2D eigenvalue weighted by atomic mass is 10.6. The van der Waals surface area contributed by atoms with Crippen molar-refractivity contribution >= 4 is 17.8 Å². The van der Waals surface area contributed by atoms with E-state index in [1.807, 2.05) is 5.38 Å². The van der Waals surface area contributed by atoms with Crippen LogP contribution in [0.15, 0.2) is 16.8 Å². The third-order valence-electron chi connectivity index (χ3n) is 0.975. The molecule has 1 N–H and O–H groups in total. The van der Waals surface area contributed by atoms with Crippen LogP contribution in [0.25, 0.3) is 0 Å². The lowest BCUT2D eigenvalue weighted by Gasteiger charge is -1.84. The van der Waals surface area contributed by atoms with E-state index in [0.717, 1.165) is 0 Å². The molecule has 1 heterocycles. The highest BCUT2D eigenvalue weighted by Gasteiger charge is 1.86. The first-order valence-electron chi connectivity index (χ1n) is 3.57. The molecule has 5 heteroatoms. The molecule has 0 amide bonds. The number of hydrogen-bond donors (Lipinski definition) is 1. The zero-order valence-electron chi connectivity index (χ0n) is 7.30. The molecule has 0 radical (unpaired) electrons. The number of hydrogen-bond acceptors (Lipinski definition) is 5. The summed E-state index contributed by atoms with van der Waals surface area (Å²) in [6.45, 7) is 0.985. The molecule has 0 spiro atoms. The van der Waals surface area contributed by atoms with Gasteiger partial charge in [0.1, 0.15) is 5.75 Å². The fraction of sp³-hybridized carbons (Fsp3) is 0.375. The third-order valence-corrected chi connectivity index (χ3v) is 1.64. The second-order valence-electron chi connectivity index (χ2n) is 1.89. The Morgan fingerprint density at radius 2 is 2.46 bits per heavy atom. The second kappa shape index (κ2) is 9.18. The standard InChI is InChI=1S/C5H4O2S.C3H8O2/c6-4-7-5-1-2-8-3-5;1-5-3-2-4/h1-4H;4H,2-3H2,1H3. The lowest BCUT2D eigenvalue weighted by Crippen LogP contribution is -1.91. The van der Waals surface area contributed by atoms with Crippen LogP contribution in [0, 0.1) is 0 Å². The van der Waals surface area contributed by atoms with Gasteiger partial charge in [-0.15, -0.1) is 11.3 Å². The molecule has 1 aromatic heterocycles. The van der Waals surface area contributed by atoms with Gasteiger partial charge in [-0.25, -0.2) is 0 Å². The van der Waals surface area contributed by atoms with Crippen molar-refractivity contribution in [2.45, 2.75) is 0 Å². The molecule has 0 aliphatic rings. The molecule has 0 aliphatic heterocycles. The molecule has 0 unspecified atom stereocenters. The van der Waals surface area contributed by atoms with Gasteiger partial charge < -0.3 is 14.6 Å². The highest BCUT2D eigenvalue weighted by molar-refractivity contribution is 7.08. The van der Waals surface area contributed by atoms with E-state index < -0.39 is 0 Å². The summed E-state index contributed by atoms with van der Waals surface area (Å²) in [4.78, 5) is 9.65. The van der Waals surface area contributed by atoms with Crippen LogP contribution in [0.1, 0.15) is 0 Å². The van der Waals surface area contributed by atoms with Gasteiger partial charge >= 0.3 is 0 Å². The normalized spacial score (nSPS) is 8.46. The van der Waals surface area contributed by atoms with Gasteiger partial charge in [0.05, 0.1) is 13.2 Å². The minimum absolute atomic E-state index is 0.122. The monoisotopic (exact) mass is 204 g/mol. The van der Waals surface area contributed by atoms with Crippen molar-refractivity contribution in [1.29, 1.82) is 0 Å². The quantitative estimate of drug-likeness (QED) is 0.741. The molecular weight excluding hydrogens is 192 g/mol. The molecule has 74 valence electrons. The van der Waals surface area contributed by atoms with Gasteiger partial charge in [-0.2, -0.15) is 0 Å². The molecule has 13 heavy (non-hydrogen) atoms. The first-order chi connectivity index (χ1) is 6.35. The molecule has 0 aromatic carbocycles. The lowest BCUT2D eigenvalue weighted by molar-refractivity contribution is -0.120. The number of carbonyl (C=O) groups is 1. The fourth-order valence-electron chi connectivity index (χ4n) is 0.466. The van der Waals surface area contributed by atoms with Gasteiger partial charge in [-0.1, -0.05) is 0 Å². The summed E-state index contributed by atoms with van der Waals surface area (Å²) in [5.74, 6) is 0.616. The van der Waals surface area contributed by atoms with Crippen LogP contribution in [0.4, 0.5) is 0 Å².